The third-order valence-corrected chi connectivity index (χ3v) is 1.28. The van der Waals surface area contributed by atoms with Crippen LogP contribution in [0.1, 0.15) is 0 Å². The van der Waals surface area contributed by atoms with Gasteiger partial charge in [0.05, 0.1) is 6.33 Å². The highest BCUT2D eigenvalue weighted by Gasteiger charge is 2.01. The molecular weight excluding hydrogens is 156 g/mol. The predicted molar refractivity (Wildman–Crippen MR) is 37.7 cm³/mol. The summed E-state index contributed by atoms with van der Waals surface area (Å²) in [4.78, 5) is 16.6. The Bertz CT molecular complexity index is 283. The molecule has 54 valence electrons. The summed E-state index contributed by atoms with van der Waals surface area (Å²) in [5.74, 6) is 5.14. The van der Waals surface area contributed by atoms with Crippen LogP contribution in [0.25, 0.3) is 0 Å². The molecule has 0 bridgehead atoms. The lowest BCUT2D eigenvalue weighted by Gasteiger charge is -1.97. The molecule has 0 aromatic carbocycles. The van der Waals surface area contributed by atoms with Gasteiger partial charge in [-0.25, -0.2) is 10.8 Å². The van der Waals surface area contributed by atoms with Crippen LogP contribution in [-0.4, -0.2) is 9.97 Å². The number of hydrogen-bond donors (Lipinski definition) is 3. The molecule has 0 amide bonds. The molecule has 1 heterocycles. The van der Waals surface area contributed by atoms with E-state index in [4.69, 9.17) is 17.4 Å². The van der Waals surface area contributed by atoms with Crippen LogP contribution < -0.4 is 16.8 Å². The monoisotopic (exact) mass is 160 g/mol. The van der Waals surface area contributed by atoms with Gasteiger partial charge in [0.1, 0.15) is 5.02 Å². The molecule has 0 aliphatic heterocycles. The summed E-state index contributed by atoms with van der Waals surface area (Å²) in [6.45, 7) is 0. The number of hydrogen-bond acceptors (Lipinski definition) is 4. The van der Waals surface area contributed by atoms with Gasteiger partial charge < -0.3 is 10.4 Å². The quantitative estimate of drug-likeness (QED) is 0.389. The van der Waals surface area contributed by atoms with Crippen molar-refractivity contribution in [1.29, 1.82) is 0 Å². The van der Waals surface area contributed by atoms with Crippen molar-refractivity contribution < 1.29 is 0 Å². The van der Waals surface area contributed by atoms with Crippen LogP contribution in [0, 0.1) is 0 Å². The van der Waals surface area contributed by atoms with E-state index in [1.807, 2.05) is 0 Å². The zero-order valence-corrected chi connectivity index (χ0v) is 5.64. The number of aromatic amines is 1. The molecule has 0 unspecified atom stereocenters. The van der Waals surface area contributed by atoms with Gasteiger partial charge in [0.2, 0.25) is 0 Å². The molecule has 5 nitrogen and oxygen atoms in total. The van der Waals surface area contributed by atoms with Crippen molar-refractivity contribution in [2.75, 3.05) is 5.43 Å². The normalized spacial score (nSPS) is 9.40. The van der Waals surface area contributed by atoms with Gasteiger partial charge >= 0.3 is 0 Å². The molecule has 4 N–H and O–H groups in total. The van der Waals surface area contributed by atoms with Crippen molar-refractivity contribution in [3.8, 4) is 0 Å². The Balaban J connectivity index is 3.28. The Labute approximate surface area is 61.2 Å². The smallest absolute Gasteiger partial charge is 0.271 e. The van der Waals surface area contributed by atoms with Crippen LogP contribution in [-0.2, 0) is 0 Å². The number of nitrogen functional groups attached to an aromatic ring is 1. The van der Waals surface area contributed by atoms with Crippen molar-refractivity contribution in [3.05, 3.63) is 21.7 Å². The molecule has 0 atom stereocenters. The third-order valence-electron chi connectivity index (χ3n) is 0.933. The highest BCUT2D eigenvalue weighted by Crippen LogP contribution is 2.08. The number of hydrazine groups is 1. The summed E-state index contributed by atoms with van der Waals surface area (Å²) >= 11 is 5.44. The van der Waals surface area contributed by atoms with Crippen molar-refractivity contribution in [1.82, 2.24) is 9.97 Å². The molecule has 0 spiro atoms. The minimum Gasteiger partial charge on any atom is -0.312 e. The lowest BCUT2D eigenvalue weighted by Crippen LogP contribution is -2.15. The fourth-order valence-corrected chi connectivity index (χ4v) is 0.642. The summed E-state index contributed by atoms with van der Waals surface area (Å²) in [5.41, 5.74) is 1.76. The topological polar surface area (TPSA) is 83.8 Å². The molecule has 0 aliphatic rings. The van der Waals surface area contributed by atoms with Gasteiger partial charge in [0.25, 0.3) is 5.56 Å². The Morgan fingerprint density at radius 3 is 3.00 bits per heavy atom. The van der Waals surface area contributed by atoms with Crippen molar-refractivity contribution in [2.45, 2.75) is 0 Å². The first-order chi connectivity index (χ1) is 4.75. The van der Waals surface area contributed by atoms with Crippen LogP contribution >= 0.6 is 11.6 Å². The first-order valence-corrected chi connectivity index (χ1v) is 2.83. The van der Waals surface area contributed by atoms with E-state index in [2.05, 4.69) is 15.4 Å². The van der Waals surface area contributed by atoms with Crippen molar-refractivity contribution in [2.24, 2.45) is 5.84 Å². The Kier molecular flexibility index (Phi) is 1.88. The highest BCUT2D eigenvalue weighted by molar-refractivity contribution is 6.32. The molecule has 0 fully saturated rings. The second-order valence-electron chi connectivity index (χ2n) is 1.54. The van der Waals surface area contributed by atoms with Crippen LogP contribution in [0.15, 0.2) is 11.1 Å². The average molecular weight is 161 g/mol. The summed E-state index contributed by atoms with van der Waals surface area (Å²) < 4.78 is 0. The number of nitrogens with zero attached hydrogens (tertiary/aromatic N) is 1. The van der Waals surface area contributed by atoms with E-state index in [1.165, 1.54) is 6.33 Å². The van der Waals surface area contributed by atoms with Crippen LogP contribution in [0.2, 0.25) is 5.02 Å². The van der Waals surface area contributed by atoms with E-state index < -0.39 is 5.56 Å². The molecule has 1 aromatic heterocycles. The number of aromatic nitrogens is 2. The number of nitrogens with one attached hydrogen (secondary N) is 2. The van der Waals surface area contributed by atoms with Gasteiger partial charge in [-0.2, -0.15) is 0 Å². The second kappa shape index (κ2) is 2.68. The molecule has 6 heteroatoms. The third kappa shape index (κ3) is 1.09. The molecule has 0 radical (unpaired) electrons. The van der Waals surface area contributed by atoms with E-state index in [0.717, 1.165) is 0 Å². The standard InChI is InChI=1S/C4H5ClN4O/c5-2-3(9-6)7-1-8-4(2)10/h1H,6H2,(H2,7,8,9,10). The fourth-order valence-electron chi connectivity index (χ4n) is 0.484. The highest BCUT2D eigenvalue weighted by atomic mass is 35.5. The Hall–Kier alpha value is -1.07. The number of rotatable bonds is 1. The first kappa shape index (κ1) is 7.04. The van der Waals surface area contributed by atoms with Crippen LogP contribution in [0.5, 0.6) is 0 Å². The SMILES string of the molecule is NNc1nc[nH]c(=O)c1Cl. The molecule has 1 rings (SSSR count). The molecule has 0 aliphatic carbocycles. The molecule has 10 heavy (non-hydrogen) atoms. The zero-order valence-electron chi connectivity index (χ0n) is 4.89. The second-order valence-corrected chi connectivity index (χ2v) is 1.92. The average Bonchev–Trinajstić information content (AvgIpc) is 1.95. The first-order valence-electron chi connectivity index (χ1n) is 2.45. The number of halogens is 1. The van der Waals surface area contributed by atoms with Crippen LogP contribution in [0.3, 0.4) is 0 Å². The lowest BCUT2D eigenvalue weighted by atomic mass is 10.6. The van der Waals surface area contributed by atoms with Gasteiger partial charge in [-0.15, -0.1) is 0 Å². The maximum atomic E-state index is 10.7. The molecule has 0 saturated carbocycles. The Morgan fingerprint density at radius 2 is 2.50 bits per heavy atom. The van der Waals surface area contributed by atoms with E-state index in [1.54, 1.807) is 0 Å². The fraction of sp³-hybridized carbons (Fsp3) is 0. The summed E-state index contributed by atoms with van der Waals surface area (Å²) in [6, 6.07) is 0. The molecule has 1 aromatic rings. The Morgan fingerprint density at radius 1 is 1.80 bits per heavy atom. The number of H-pyrrole nitrogens is 1. The predicted octanol–water partition coefficient (Wildman–Crippen LogP) is -0.291. The lowest BCUT2D eigenvalue weighted by molar-refractivity contribution is 1.10. The van der Waals surface area contributed by atoms with Gasteiger partial charge in [0, 0.05) is 0 Å². The van der Waals surface area contributed by atoms with Crippen LogP contribution in [0.4, 0.5) is 5.82 Å². The van der Waals surface area contributed by atoms with Gasteiger partial charge in [-0.05, 0) is 0 Å². The maximum absolute atomic E-state index is 10.7. The minimum atomic E-state index is -0.412. The van der Waals surface area contributed by atoms with Gasteiger partial charge in [-0.1, -0.05) is 11.6 Å². The zero-order chi connectivity index (χ0) is 7.56. The summed E-state index contributed by atoms with van der Waals surface area (Å²) in [6.07, 6.45) is 1.21. The summed E-state index contributed by atoms with van der Waals surface area (Å²) in [7, 11) is 0. The maximum Gasteiger partial charge on any atom is 0.271 e. The van der Waals surface area contributed by atoms with Crippen molar-refractivity contribution in [3.63, 3.8) is 0 Å². The minimum absolute atomic E-state index is 0.0370. The van der Waals surface area contributed by atoms with E-state index >= 15 is 0 Å². The van der Waals surface area contributed by atoms with E-state index in [-0.39, 0.29) is 10.8 Å². The van der Waals surface area contributed by atoms with Gasteiger partial charge in [0.15, 0.2) is 5.82 Å². The van der Waals surface area contributed by atoms with E-state index in [0.29, 0.717) is 0 Å². The van der Waals surface area contributed by atoms with E-state index in [9.17, 15) is 4.79 Å². The van der Waals surface area contributed by atoms with Crippen molar-refractivity contribution >= 4 is 17.4 Å². The summed E-state index contributed by atoms with van der Waals surface area (Å²) in [5, 5.41) is -0.0370. The number of nitrogens with two attached hydrogens (primary N) is 1. The largest absolute Gasteiger partial charge is 0.312 e. The molecule has 0 saturated heterocycles. The number of anilines is 1. The van der Waals surface area contributed by atoms with Gasteiger partial charge in [-0.3, -0.25) is 4.79 Å². The molecular formula is C4H5ClN4O.